The van der Waals surface area contributed by atoms with Crippen LogP contribution in [-0.4, -0.2) is 22.3 Å². The van der Waals surface area contributed by atoms with Crippen molar-refractivity contribution < 1.29 is 9.47 Å². The van der Waals surface area contributed by atoms with Crippen LogP contribution in [0, 0.1) is 0 Å². The third-order valence-electron chi connectivity index (χ3n) is 4.59. The summed E-state index contributed by atoms with van der Waals surface area (Å²) in [7, 11) is 0. The van der Waals surface area contributed by atoms with Gasteiger partial charge in [-0.25, -0.2) is 4.98 Å². The quantitative estimate of drug-likeness (QED) is 0.645. The zero-order chi connectivity index (χ0) is 18.9. The Morgan fingerprint density at radius 1 is 1.19 bits per heavy atom. The normalized spacial score (nSPS) is 22.2. The molecule has 1 aliphatic heterocycles. The van der Waals surface area contributed by atoms with Gasteiger partial charge in [0, 0.05) is 35.1 Å². The monoisotopic (exact) mass is 403 g/mol. The Morgan fingerprint density at radius 3 is 2.70 bits per heavy atom. The Balaban J connectivity index is 1.62. The summed E-state index contributed by atoms with van der Waals surface area (Å²) in [5.74, 6) is -0.999. The molecule has 1 aliphatic rings. The minimum absolute atomic E-state index is 0.108. The van der Waals surface area contributed by atoms with Crippen LogP contribution in [0.15, 0.2) is 61.2 Å². The molecule has 0 radical (unpaired) electrons. The molecule has 4 rings (SSSR count). The number of nitrogens with zero attached hydrogens (tertiary/aromatic N) is 2. The molecule has 0 saturated carbocycles. The number of halogens is 2. The summed E-state index contributed by atoms with van der Waals surface area (Å²) >= 11 is 12.6. The van der Waals surface area contributed by atoms with Gasteiger partial charge in [-0.15, -0.1) is 0 Å². The van der Waals surface area contributed by atoms with Gasteiger partial charge in [-0.1, -0.05) is 41.4 Å². The summed E-state index contributed by atoms with van der Waals surface area (Å²) in [6, 6.07) is 13.1. The highest BCUT2D eigenvalue weighted by Crippen LogP contribution is 2.41. The number of nitrogen functional groups attached to an aromatic ring is 1. The van der Waals surface area contributed by atoms with Gasteiger partial charge in [-0.2, -0.15) is 0 Å². The Bertz CT molecular complexity index is 915. The zero-order valence-electron chi connectivity index (χ0n) is 14.5. The van der Waals surface area contributed by atoms with Crippen LogP contribution in [0.1, 0.15) is 11.1 Å². The van der Waals surface area contributed by atoms with Crippen LogP contribution in [-0.2, 0) is 28.2 Å². The van der Waals surface area contributed by atoms with E-state index >= 15 is 0 Å². The SMILES string of the molecule is Nc1ccc(C[C@@H]2CO[C@@](Cn3ccnc3)(c3ccc(Cl)cc3Cl)O2)cc1. The number of imidazole rings is 1. The topological polar surface area (TPSA) is 62.3 Å². The molecule has 7 heteroatoms. The highest BCUT2D eigenvalue weighted by molar-refractivity contribution is 6.35. The molecule has 27 heavy (non-hydrogen) atoms. The van der Waals surface area contributed by atoms with Crippen LogP contribution in [0.25, 0.3) is 0 Å². The van der Waals surface area contributed by atoms with E-state index in [1.165, 1.54) is 0 Å². The highest BCUT2D eigenvalue weighted by Gasteiger charge is 2.45. The van der Waals surface area contributed by atoms with E-state index in [0.717, 1.165) is 23.2 Å². The molecule has 2 heterocycles. The third-order valence-corrected chi connectivity index (χ3v) is 5.14. The number of hydrogen-bond donors (Lipinski definition) is 1. The minimum Gasteiger partial charge on any atom is -0.399 e. The molecule has 0 aliphatic carbocycles. The first kappa shape index (κ1) is 18.3. The fourth-order valence-electron chi connectivity index (χ4n) is 3.31. The average Bonchev–Trinajstić information content (AvgIpc) is 3.28. The summed E-state index contributed by atoms with van der Waals surface area (Å²) in [4.78, 5) is 4.11. The van der Waals surface area contributed by atoms with Crippen molar-refractivity contribution in [1.29, 1.82) is 0 Å². The van der Waals surface area contributed by atoms with Crippen molar-refractivity contribution in [2.45, 2.75) is 24.9 Å². The van der Waals surface area contributed by atoms with E-state index in [-0.39, 0.29) is 6.10 Å². The maximum absolute atomic E-state index is 6.48. The predicted octanol–water partition coefficient (Wildman–Crippen LogP) is 4.28. The smallest absolute Gasteiger partial charge is 0.215 e. The maximum Gasteiger partial charge on any atom is 0.215 e. The first-order valence-corrected chi connectivity index (χ1v) is 9.37. The van der Waals surface area contributed by atoms with Crippen molar-refractivity contribution in [2.75, 3.05) is 12.3 Å². The van der Waals surface area contributed by atoms with Crippen molar-refractivity contribution in [3.63, 3.8) is 0 Å². The molecule has 140 valence electrons. The maximum atomic E-state index is 6.48. The summed E-state index contributed by atoms with van der Waals surface area (Å²) in [6.07, 6.45) is 5.93. The molecule has 3 aromatic rings. The van der Waals surface area contributed by atoms with Gasteiger partial charge in [-0.05, 0) is 29.8 Å². The number of ether oxygens (including phenoxy) is 2. The lowest BCUT2D eigenvalue weighted by Crippen LogP contribution is -2.34. The lowest BCUT2D eigenvalue weighted by molar-refractivity contribution is -0.186. The predicted molar refractivity (Wildman–Crippen MR) is 106 cm³/mol. The number of aromatic nitrogens is 2. The molecule has 2 aromatic carbocycles. The van der Waals surface area contributed by atoms with Crippen LogP contribution in [0.3, 0.4) is 0 Å². The lowest BCUT2D eigenvalue weighted by Gasteiger charge is -2.30. The van der Waals surface area contributed by atoms with E-state index in [2.05, 4.69) is 4.98 Å². The van der Waals surface area contributed by atoms with E-state index in [1.54, 1.807) is 24.7 Å². The Hall–Kier alpha value is -2.05. The second-order valence-corrected chi connectivity index (χ2v) is 7.45. The third kappa shape index (κ3) is 3.96. The molecule has 1 saturated heterocycles. The summed E-state index contributed by atoms with van der Waals surface area (Å²) < 4.78 is 14.6. The number of nitrogens with two attached hydrogens (primary N) is 1. The van der Waals surface area contributed by atoms with Gasteiger partial charge in [0.25, 0.3) is 0 Å². The van der Waals surface area contributed by atoms with E-state index in [4.69, 9.17) is 38.4 Å². The Labute approximate surface area is 167 Å². The van der Waals surface area contributed by atoms with Gasteiger partial charge in [0.1, 0.15) is 0 Å². The second-order valence-electron chi connectivity index (χ2n) is 6.61. The molecular weight excluding hydrogens is 385 g/mol. The largest absolute Gasteiger partial charge is 0.399 e. The first-order valence-electron chi connectivity index (χ1n) is 8.61. The minimum atomic E-state index is -0.999. The van der Waals surface area contributed by atoms with Crippen LogP contribution in [0.5, 0.6) is 0 Å². The van der Waals surface area contributed by atoms with Crippen molar-refractivity contribution in [1.82, 2.24) is 9.55 Å². The number of rotatable bonds is 5. The molecule has 0 bridgehead atoms. The molecule has 0 amide bonds. The Morgan fingerprint density at radius 2 is 2.00 bits per heavy atom. The van der Waals surface area contributed by atoms with Crippen LogP contribution >= 0.6 is 23.2 Å². The summed E-state index contributed by atoms with van der Waals surface area (Å²) in [6.45, 7) is 0.893. The molecule has 0 spiro atoms. The molecule has 2 N–H and O–H groups in total. The van der Waals surface area contributed by atoms with Crippen LogP contribution in [0.4, 0.5) is 5.69 Å². The van der Waals surface area contributed by atoms with Crippen molar-refractivity contribution in [3.8, 4) is 0 Å². The molecular formula is C20H19Cl2N3O2. The summed E-state index contributed by atoms with van der Waals surface area (Å²) in [5, 5.41) is 1.08. The number of hydrogen-bond acceptors (Lipinski definition) is 4. The summed E-state index contributed by atoms with van der Waals surface area (Å²) in [5.41, 5.74) is 8.40. The van der Waals surface area contributed by atoms with E-state index in [0.29, 0.717) is 23.2 Å². The molecule has 1 fully saturated rings. The van der Waals surface area contributed by atoms with Crippen molar-refractivity contribution >= 4 is 28.9 Å². The van der Waals surface area contributed by atoms with Gasteiger partial charge in [0.15, 0.2) is 0 Å². The molecule has 0 unspecified atom stereocenters. The van der Waals surface area contributed by atoms with E-state index in [9.17, 15) is 0 Å². The van der Waals surface area contributed by atoms with Crippen LogP contribution < -0.4 is 5.73 Å². The van der Waals surface area contributed by atoms with Gasteiger partial charge < -0.3 is 19.8 Å². The number of anilines is 1. The molecule has 2 atom stereocenters. The first-order chi connectivity index (χ1) is 13.0. The van der Waals surface area contributed by atoms with Gasteiger partial charge in [0.05, 0.1) is 30.6 Å². The number of benzene rings is 2. The van der Waals surface area contributed by atoms with Crippen molar-refractivity contribution in [2.24, 2.45) is 0 Å². The van der Waals surface area contributed by atoms with E-state index in [1.807, 2.05) is 41.1 Å². The standard InChI is InChI=1S/C20H19Cl2N3O2/c21-15-3-6-18(19(22)10-15)20(12-25-8-7-24-13-25)26-11-17(27-20)9-14-1-4-16(23)5-2-14/h1-8,10,13,17H,9,11-12,23H2/t17-,20-/m1/s1. The average molecular weight is 404 g/mol. The lowest BCUT2D eigenvalue weighted by atomic mass is 10.0. The second kappa shape index (κ2) is 7.52. The Kier molecular flexibility index (Phi) is 5.10. The van der Waals surface area contributed by atoms with Crippen molar-refractivity contribution in [3.05, 3.63) is 82.4 Å². The van der Waals surface area contributed by atoms with Gasteiger partial charge in [-0.3, -0.25) is 0 Å². The van der Waals surface area contributed by atoms with Gasteiger partial charge in [0.2, 0.25) is 5.79 Å². The molecule has 1 aromatic heterocycles. The fraction of sp³-hybridized carbons (Fsp3) is 0.250. The van der Waals surface area contributed by atoms with Crippen LogP contribution in [0.2, 0.25) is 10.0 Å². The molecule has 5 nitrogen and oxygen atoms in total. The van der Waals surface area contributed by atoms with E-state index < -0.39 is 5.79 Å². The highest BCUT2D eigenvalue weighted by atomic mass is 35.5. The zero-order valence-corrected chi connectivity index (χ0v) is 16.0. The fourth-order valence-corrected chi connectivity index (χ4v) is 3.86. The van der Waals surface area contributed by atoms with Gasteiger partial charge >= 0.3 is 0 Å².